The van der Waals surface area contributed by atoms with Crippen LogP contribution in [0.1, 0.15) is 13.8 Å². The van der Waals surface area contributed by atoms with Crippen molar-refractivity contribution < 1.29 is 27.5 Å². The van der Waals surface area contributed by atoms with Crippen LogP contribution in [0.25, 0.3) is 0 Å². The number of ether oxygens (including phenoxy) is 2. The standard InChI is InChI=1S/C18H21N3O6S/c1-3-26-15-10-7-13(11-16(15)27-4-2)21-18(23)17(22)20-12-5-8-14(9-6-12)28(19,24)25/h5-11H,3-4H2,1-2H3,(H,20,22)(H,21,23)(H2,19,24,25). The fourth-order valence-electron chi connectivity index (χ4n) is 2.23. The van der Waals surface area contributed by atoms with Crippen molar-refractivity contribution in [3.63, 3.8) is 0 Å². The van der Waals surface area contributed by atoms with Crippen LogP contribution >= 0.6 is 0 Å². The van der Waals surface area contributed by atoms with Crippen molar-refractivity contribution in [2.75, 3.05) is 23.8 Å². The summed E-state index contributed by atoms with van der Waals surface area (Å²) in [5, 5.41) is 9.84. The average Bonchev–Trinajstić information content (AvgIpc) is 2.64. The Balaban J connectivity index is 2.05. The smallest absolute Gasteiger partial charge is 0.314 e. The van der Waals surface area contributed by atoms with E-state index in [-0.39, 0.29) is 10.6 Å². The summed E-state index contributed by atoms with van der Waals surface area (Å²) >= 11 is 0. The Bertz CT molecular complexity index is 958. The van der Waals surface area contributed by atoms with Crippen molar-refractivity contribution in [2.24, 2.45) is 5.14 Å². The van der Waals surface area contributed by atoms with E-state index in [2.05, 4.69) is 10.6 Å². The molecule has 10 heteroatoms. The first kappa shape index (κ1) is 21.2. The Labute approximate surface area is 162 Å². The molecule has 2 aromatic carbocycles. The lowest BCUT2D eigenvalue weighted by molar-refractivity contribution is -0.133. The second kappa shape index (κ2) is 9.20. The molecule has 0 saturated carbocycles. The lowest BCUT2D eigenvalue weighted by atomic mass is 10.2. The molecule has 0 radical (unpaired) electrons. The molecule has 0 bridgehead atoms. The van der Waals surface area contributed by atoms with Gasteiger partial charge in [-0.3, -0.25) is 9.59 Å². The number of nitrogens with two attached hydrogens (primary N) is 1. The zero-order valence-corrected chi connectivity index (χ0v) is 16.2. The van der Waals surface area contributed by atoms with Gasteiger partial charge in [-0.15, -0.1) is 0 Å². The van der Waals surface area contributed by atoms with Crippen molar-refractivity contribution in [1.29, 1.82) is 0 Å². The highest BCUT2D eigenvalue weighted by atomic mass is 32.2. The van der Waals surface area contributed by atoms with Gasteiger partial charge in [0.1, 0.15) is 0 Å². The third-order valence-electron chi connectivity index (χ3n) is 3.45. The summed E-state index contributed by atoms with van der Waals surface area (Å²) in [4.78, 5) is 24.1. The molecular formula is C18H21N3O6S. The van der Waals surface area contributed by atoms with Gasteiger partial charge in [-0.25, -0.2) is 13.6 Å². The summed E-state index contributed by atoms with van der Waals surface area (Å²) in [5.41, 5.74) is 0.603. The molecule has 2 rings (SSSR count). The molecular weight excluding hydrogens is 386 g/mol. The summed E-state index contributed by atoms with van der Waals surface area (Å²) in [6.07, 6.45) is 0. The number of carbonyl (C=O) groups excluding carboxylic acids is 2. The molecule has 0 fully saturated rings. The van der Waals surface area contributed by atoms with Gasteiger partial charge in [0.05, 0.1) is 18.1 Å². The first-order chi connectivity index (χ1) is 13.2. The third-order valence-corrected chi connectivity index (χ3v) is 4.38. The third kappa shape index (κ3) is 5.69. The van der Waals surface area contributed by atoms with Gasteiger partial charge in [0.25, 0.3) is 0 Å². The number of anilines is 2. The molecule has 0 aliphatic heterocycles. The molecule has 4 N–H and O–H groups in total. The number of benzene rings is 2. The molecule has 150 valence electrons. The largest absolute Gasteiger partial charge is 0.490 e. The van der Waals surface area contributed by atoms with Gasteiger partial charge >= 0.3 is 11.8 Å². The zero-order valence-electron chi connectivity index (χ0n) is 15.4. The molecule has 0 aromatic heterocycles. The molecule has 2 amide bonds. The van der Waals surface area contributed by atoms with E-state index in [0.717, 1.165) is 0 Å². The summed E-state index contributed by atoms with van der Waals surface area (Å²) in [6.45, 7) is 4.52. The predicted molar refractivity (Wildman–Crippen MR) is 104 cm³/mol. The van der Waals surface area contributed by atoms with Crippen LogP contribution in [0.3, 0.4) is 0 Å². The minimum absolute atomic E-state index is 0.104. The van der Waals surface area contributed by atoms with E-state index >= 15 is 0 Å². The summed E-state index contributed by atoms with van der Waals surface area (Å²) in [7, 11) is -3.84. The number of hydrogen-bond donors (Lipinski definition) is 3. The van der Waals surface area contributed by atoms with Crippen LogP contribution in [0.4, 0.5) is 11.4 Å². The highest BCUT2D eigenvalue weighted by Crippen LogP contribution is 2.30. The normalized spacial score (nSPS) is 10.8. The van der Waals surface area contributed by atoms with Gasteiger partial charge in [0, 0.05) is 17.4 Å². The van der Waals surface area contributed by atoms with Crippen molar-refractivity contribution in [3.05, 3.63) is 42.5 Å². The number of carbonyl (C=O) groups is 2. The van der Waals surface area contributed by atoms with Gasteiger partial charge in [-0.1, -0.05) is 0 Å². The molecule has 2 aromatic rings. The van der Waals surface area contributed by atoms with Gasteiger partial charge < -0.3 is 20.1 Å². The maximum Gasteiger partial charge on any atom is 0.314 e. The summed E-state index contributed by atoms with van der Waals surface area (Å²) in [5.74, 6) is -0.847. The minimum Gasteiger partial charge on any atom is -0.490 e. The molecule has 28 heavy (non-hydrogen) atoms. The van der Waals surface area contributed by atoms with Gasteiger partial charge in [0.15, 0.2) is 11.5 Å². The minimum atomic E-state index is -3.84. The fraction of sp³-hybridized carbons (Fsp3) is 0.222. The predicted octanol–water partition coefficient (Wildman–Crippen LogP) is 1.71. The monoisotopic (exact) mass is 407 g/mol. The maximum absolute atomic E-state index is 12.1. The lowest BCUT2D eigenvalue weighted by Gasteiger charge is -2.13. The molecule has 0 spiro atoms. The number of nitrogens with one attached hydrogen (secondary N) is 2. The van der Waals surface area contributed by atoms with Crippen LogP contribution in [0.15, 0.2) is 47.4 Å². The number of amides is 2. The molecule has 0 aliphatic carbocycles. The van der Waals surface area contributed by atoms with Crippen molar-refractivity contribution in [1.82, 2.24) is 0 Å². The number of primary sulfonamides is 1. The molecule has 9 nitrogen and oxygen atoms in total. The van der Waals surface area contributed by atoms with Crippen LogP contribution in [-0.2, 0) is 19.6 Å². The molecule has 0 unspecified atom stereocenters. The quantitative estimate of drug-likeness (QED) is 0.598. The van der Waals surface area contributed by atoms with Gasteiger partial charge in [0.2, 0.25) is 10.0 Å². The Hall–Kier alpha value is -3.11. The van der Waals surface area contributed by atoms with Crippen LogP contribution in [0, 0.1) is 0 Å². The van der Waals surface area contributed by atoms with Crippen molar-refractivity contribution >= 4 is 33.2 Å². The molecule has 0 heterocycles. The fourth-order valence-corrected chi connectivity index (χ4v) is 2.75. The van der Waals surface area contributed by atoms with Crippen LogP contribution in [0.5, 0.6) is 11.5 Å². The topological polar surface area (TPSA) is 137 Å². The van der Waals surface area contributed by atoms with E-state index in [9.17, 15) is 18.0 Å². The Kier molecular flexibility index (Phi) is 6.96. The zero-order chi connectivity index (χ0) is 20.7. The van der Waals surface area contributed by atoms with E-state index in [4.69, 9.17) is 14.6 Å². The van der Waals surface area contributed by atoms with Crippen molar-refractivity contribution in [2.45, 2.75) is 18.7 Å². The van der Waals surface area contributed by atoms with Crippen LogP contribution in [0.2, 0.25) is 0 Å². The molecule has 0 atom stereocenters. The van der Waals surface area contributed by atoms with Crippen molar-refractivity contribution in [3.8, 4) is 11.5 Å². The number of hydrogen-bond acceptors (Lipinski definition) is 6. The Morgan fingerprint density at radius 2 is 1.36 bits per heavy atom. The Morgan fingerprint density at radius 1 is 0.857 bits per heavy atom. The molecule has 0 saturated heterocycles. The summed E-state index contributed by atoms with van der Waals surface area (Å²) < 4.78 is 33.4. The molecule has 0 aliphatic rings. The lowest BCUT2D eigenvalue weighted by Crippen LogP contribution is -2.29. The second-order valence-electron chi connectivity index (χ2n) is 5.51. The van der Waals surface area contributed by atoms with E-state index in [1.807, 2.05) is 13.8 Å². The second-order valence-corrected chi connectivity index (χ2v) is 7.07. The number of rotatable bonds is 7. The highest BCUT2D eigenvalue weighted by Gasteiger charge is 2.16. The SMILES string of the molecule is CCOc1ccc(NC(=O)C(=O)Nc2ccc(S(N)(=O)=O)cc2)cc1OCC. The number of sulfonamides is 1. The van der Waals surface area contributed by atoms with Gasteiger partial charge in [-0.2, -0.15) is 0 Å². The highest BCUT2D eigenvalue weighted by molar-refractivity contribution is 7.89. The summed E-state index contributed by atoms with van der Waals surface area (Å²) in [6, 6.07) is 9.88. The van der Waals surface area contributed by atoms with E-state index in [1.54, 1.807) is 18.2 Å². The Morgan fingerprint density at radius 3 is 1.89 bits per heavy atom. The maximum atomic E-state index is 12.1. The van der Waals surface area contributed by atoms with E-state index in [1.165, 1.54) is 24.3 Å². The van der Waals surface area contributed by atoms with Crippen LogP contribution in [-0.4, -0.2) is 33.4 Å². The van der Waals surface area contributed by atoms with Crippen LogP contribution < -0.4 is 25.2 Å². The first-order valence-electron chi connectivity index (χ1n) is 8.39. The van der Waals surface area contributed by atoms with E-state index in [0.29, 0.717) is 30.4 Å². The van der Waals surface area contributed by atoms with E-state index < -0.39 is 21.8 Å². The van der Waals surface area contributed by atoms with Gasteiger partial charge in [-0.05, 0) is 50.2 Å². The first-order valence-corrected chi connectivity index (χ1v) is 9.94. The average molecular weight is 407 g/mol.